The molecule has 15 heteroatoms. The number of fused-ring (bicyclic) bond motifs is 2. The highest BCUT2D eigenvalue weighted by Gasteiger charge is 2.30. The largest absolute Gasteiger partial charge is 0.508 e. The molecule has 0 fully saturated rings. The normalized spacial score (nSPS) is 11.0. The first-order valence-corrected chi connectivity index (χ1v) is 18.4. The van der Waals surface area contributed by atoms with Gasteiger partial charge in [-0.25, -0.2) is 0 Å². The SMILES string of the molecule is Cc1ccc(B(O)O)cc1.O=c1c2ccc(O)cc2c(-c2ccc(C(F)(F)F)cc2)cn1-c1ccc(O)cc1.O=c1c2ccc(O)cc2c(Br)cn1-c1ccc(O)cc1. The number of phenols is 4. The van der Waals surface area contributed by atoms with E-state index in [2.05, 4.69) is 15.9 Å². The Labute approximate surface area is 342 Å². The van der Waals surface area contributed by atoms with Crippen LogP contribution in [0.5, 0.6) is 23.0 Å². The quantitative estimate of drug-likeness (QED) is 0.0972. The van der Waals surface area contributed by atoms with Crippen LogP contribution in [0, 0.1) is 6.92 Å². The molecule has 0 aliphatic carbocycles. The lowest BCUT2D eigenvalue weighted by Crippen LogP contribution is -2.29. The van der Waals surface area contributed by atoms with Crippen molar-refractivity contribution in [3.8, 4) is 45.5 Å². The fraction of sp³-hybridized carbons (Fsp3) is 0.0455. The van der Waals surface area contributed by atoms with E-state index >= 15 is 0 Å². The van der Waals surface area contributed by atoms with Gasteiger partial charge >= 0.3 is 13.3 Å². The third kappa shape index (κ3) is 9.67. The van der Waals surface area contributed by atoms with Crippen molar-refractivity contribution in [2.24, 2.45) is 0 Å². The molecule has 0 aliphatic heterocycles. The summed E-state index contributed by atoms with van der Waals surface area (Å²) < 4.78 is 42.2. The van der Waals surface area contributed by atoms with E-state index in [1.165, 1.54) is 76.0 Å². The van der Waals surface area contributed by atoms with E-state index < -0.39 is 18.9 Å². The number of hydrogen-bond donors (Lipinski definition) is 6. The summed E-state index contributed by atoms with van der Waals surface area (Å²) in [5.41, 5.74) is 2.41. The summed E-state index contributed by atoms with van der Waals surface area (Å²) in [6.45, 7) is 1.95. The van der Waals surface area contributed by atoms with Gasteiger partial charge in [-0.1, -0.05) is 42.0 Å². The molecule has 0 amide bonds. The van der Waals surface area contributed by atoms with Gasteiger partial charge in [-0.3, -0.25) is 18.7 Å². The van der Waals surface area contributed by atoms with Gasteiger partial charge in [0.05, 0.1) is 5.56 Å². The van der Waals surface area contributed by atoms with Crippen molar-refractivity contribution in [3.63, 3.8) is 0 Å². The van der Waals surface area contributed by atoms with Crippen LogP contribution in [0.4, 0.5) is 13.2 Å². The molecule has 0 spiro atoms. The highest BCUT2D eigenvalue weighted by atomic mass is 79.9. The van der Waals surface area contributed by atoms with Gasteiger partial charge in [0.1, 0.15) is 23.0 Å². The number of pyridine rings is 2. The summed E-state index contributed by atoms with van der Waals surface area (Å²) in [6.07, 6.45) is -1.29. The van der Waals surface area contributed by atoms with E-state index in [4.69, 9.17) is 10.0 Å². The molecular formula is C44H33BBrF3N2O8. The van der Waals surface area contributed by atoms with E-state index in [1.54, 1.807) is 54.7 Å². The first kappa shape index (κ1) is 41.8. The molecule has 2 heterocycles. The van der Waals surface area contributed by atoms with Crippen molar-refractivity contribution in [3.05, 3.63) is 182 Å². The molecule has 0 saturated carbocycles. The van der Waals surface area contributed by atoms with Crippen LogP contribution in [0.1, 0.15) is 11.1 Å². The van der Waals surface area contributed by atoms with Crippen molar-refractivity contribution >= 4 is 50.1 Å². The number of benzene rings is 6. The third-order valence-corrected chi connectivity index (χ3v) is 9.74. The van der Waals surface area contributed by atoms with Crippen LogP contribution in [0.25, 0.3) is 44.0 Å². The fourth-order valence-corrected chi connectivity index (χ4v) is 6.57. The lowest BCUT2D eigenvalue weighted by atomic mass is 9.80. The summed E-state index contributed by atoms with van der Waals surface area (Å²) >= 11 is 3.41. The monoisotopic (exact) mass is 864 g/mol. The number of halogens is 4. The van der Waals surface area contributed by atoms with Gasteiger partial charge in [0.15, 0.2) is 0 Å². The summed E-state index contributed by atoms with van der Waals surface area (Å²) in [6, 6.07) is 32.9. The highest BCUT2D eigenvalue weighted by Crippen LogP contribution is 2.34. The van der Waals surface area contributed by atoms with Gasteiger partial charge in [-0.05, 0) is 131 Å². The Morgan fingerprint density at radius 3 is 1.46 bits per heavy atom. The molecule has 2 aromatic heterocycles. The topological polar surface area (TPSA) is 165 Å². The average molecular weight is 865 g/mol. The number of nitrogens with zero attached hydrogens (tertiary/aromatic N) is 2. The Hall–Kier alpha value is -6.81. The Morgan fingerprint density at radius 2 is 0.983 bits per heavy atom. The smallest absolute Gasteiger partial charge is 0.488 e. The molecule has 0 saturated heterocycles. The lowest BCUT2D eigenvalue weighted by Gasteiger charge is -2.14. The Morgan fingerprint density at radius 1 is 0.542 bits per heavy atom. The van der Waals surface area contributed by atoms with Crippen molar-refractivity contribution in [2.75, 3.05) is 0 Å². The fourth-order valence-electron chi connectivity index (χ4n) is 6.03. The van der Waals surface area contributed by atoms with E-state index in [9.17, 15) is 43.2 Å². The van der Waals surface area contributed by atoms with Gasteiger partial charge in [-0.15, -0.1) is 0 Å². The Balaban J connectivity index is 0.000000168. The highest BCUT2D eigenvalue weighted by molar-refractivity contribution is 9.10. The third-order valence-electron chi connectivity index (χ3n) is 9.11. The van der Waals surface area contributed by atoms with Crippen LogP contribution in [0.3, 0.4) is 0 Å². The van der Waals surface area contributed by atoms with Gasteiger partial charge in [-0.2, -0.15) is 13.2 Å². The number of hydrogen-bond acceptors (Lipinski definition) is 8. The molecule has 59 heavy (non-hydrogen) atoms. The average Bonchev–Trinajstić information content (AvgIpc) is 3.20. The second-order valence-corrected chi connectivity index (χ2v) is 14.1. The minimum atomic E-state index is -4.45. The predicted molar refractivity (Wildman–Crippen MR) is 225 cm³/mol. The van der Waals surface area contributed by atoms with Crippen molar-refractivity contribution < 1.29 is 43.6 Å². The molecule has 0 bridgehead atoms. The maximum absolute atomic E-state index is 13.0. The number of aromatic nitrogens is 2. The Bertz CT molecular complexity index is 2880. The number of aryl methyl sites for hydroxylation is 1. The summed E-state index contributed by atoms with van der Waals surface area (Å²) in [5.74, 6) is 0.231. The van der Waals surface area contributed by atoms with Crippen molar-refractivity contribution in [2.45, 2.75) is 13.1 Å². The van der Waals surface area contributed by atoms with E-state index in [0.717, 1.165) is 17.7 Å². The number of phenolic OH excluding ortho intramolecular Hbond substituents is 4. The minimum Gasteiger partial charge on any atom is -0.508 e. The molecule has 0 atom stereocenters. The summed E-state index contributed by atoms with van der Waals surface area (Å²) in [5, 5.41) is 57.4. The zero-order valence-corrected chi connectivity index (χ0v) is 32.4. The van der Waals surface area contributed by atoms with Crippen molar-refractivity contribution in [1.29, 1.82) is 0 Å². The molecule has 0 unspecified atom stereocenters. The first-order chi connectivity index (χ1) is 28.0. The standard InChI is InChI=1S/C22H14F3NO3.C15H10BrNO3.C7H9BO2/c23-22(24,25)14-3-1-13(2-4-14)20-12-26(15-5-7-16(27)8-6-15)21(29)18-10-9-17(28)11-19(18)20;16-14-8-17(9-1-3-10(18)4-2-9)15(20)12-6-5-11(19)7-13(12)14;1-6-2-4-7(5-3-6)8(9)10/h1-12,27-28H;1-8,18-19H;2-5,9-10H,1H3. The molecule has 298 valence electrons. The molecule has 8 aromatic rings. The van der Waals surface area contributed by atoms with Gasteiger partial charge in [0.25, 0.3) is 11.1 Å². The lowest BCUT2D eigenvalue weighted by molar-refractivity contribution is -0.137. The zero-order valence-electron chi connectivity index (χ0n) is 30.8. The summed E-state index contributed by atoms with van der Waals surface area (Å²) in [7, 11) is -1.35. The maximum atomic E-state index is 13.0. The zero-order chi connectivity index (χ0) is 42.6. The molecule has 8 rings (SSSR count). The number of rotatable bonds is 4. The van der Waals surface area contributed by atoms with E-state index in [1.807, 2.05) is 19.1 Å². The first-order valence-electron chi connectivity index (χ1n) is 17.6. The van der Waals surface area contributed by atoms with Crippen LogP contribution < -0.4 is 16.6 Å². The van der Waals surface area contributed by atoms with Crippen LogP contribution in [-0.4, -0.2) is 46.7 Å². The Kier molecular flexibility index (Phi) is 12.3. The number of aromatic hydroxyl groups is 4. The maximum Gasteiger partial charge on any atom is 0.488 e. The van der Waals surface area contributed by atoms with Crippen molar-refractivity contribution in [1.82, 2.24) is 9.13 Å². The molecular weight excluding hydrogens is 832 g/mol. The molecule has 6 aromatic carbocycles. The van der Waals surface area contributed by atoms with Crippen LogP contribution >= 0.6 is 15.9 Å². The van der Waals surface area contributed by atoms with Gasteiger partial charge < -0.3 is 30.5 Å². The molecule has 0 radical (unpaired) electrons. The molecule has 0 aliphatic rings. The molecule has 10 nitrogen and oxygen atoms in total. The minimum absolute atomic E-state index is 0.0375. The predicted octanol–water partition coefficient (Wildman–Crippen LogP) is 7.93. The summed E-state index contributed by atoms with van der Waals surface area (Å²) in [4.78, 5) is 25.4. The van der Waals surface area contributed by atoms with E-state index in [0.29, 0.717) is 54.0 Å². The van der Waals surface area contributed by atoms with Gasteiger partial charge in [0, 0.05) is 55.3 Å². The van der Waals surface area contributed by atoms with Crippen LogP contribution in [0.2, 0.25) is 0 Å². The number of alkyl halides is 3. The van der Waals surface area contributed by atoms with Gasteiger partial charge in [0.2, 0.25) is 0 Å². The second-order valence-electron chi connectivity index (χ2n) is 13.2. The van der Waals surface area contributed by atoms with Crippen LogP contribution in [0.15, 0.2) is 160 Å². The van der Waals surface area contributed by atoms with E-state index in [-0.39, 0.29) is 34.1 Å². The second kappa shape index (κ2) is 17.4. The van der Waals surface area contributed by atoms with Crippen LogP contribution in [-0.2, 0) is 6.18 Å². The molecule has 6 N–H and O–H groups in total.